The lowest BCUT2D eigenvalue weighted by Gasteiger charge is -2.11. The third-order valence-corrected chi connectivity index (χ3v) is 3.03. The van der Waals surface area contributed by atoms with Crippen molar-refractivity contribution in [2.24, 2.45) is 0 Å². The lowest BCUT2D eigenvalue weighted by Crippen LogP contribution is -2.34. The van der Waals surface area contributed by atoms with Gasteiger partial charge in [0.25, 0.3) is 5.91 Å². The Bertz CT molecular complexity index is 374. The van der Waals surface area contributed by atoms with Crippen molar-refractivity contribution in [2.75, 3.05) is 0 Å². The molecule has 1 aliphatic carbocycles. The van der Waals surface area contributed by atoms with Crippen LogP contribution in [0, 0.1) is 0 Å². The molecule has 0 spiro atoms. The van der Waals surface area contributed by atoms with E-state index in [1.54, 1.807) is 12.3 Å². The lowest BCUT2D eigenvalue weighted by atomic mass is 10.3. The summed E-state index contributed by atoms with van der Waals surface area (Å²) in [7, 11) is 0. The van der Waals surface area contributed by atoms with Crippen molar-refractivity contribution in [1.82, 2.24) is 10.3 Å². The van der Waals surface area contributed by atoms with Crippen LogP contribution in [0.15, 0.2) is 22.8 Å². The van der Waals surface area contributed by atoms with Crippen LogP contribution in [-0.4, -0.2) is 16.4 Å². The Morgan fingerprint density at radius 2 is 2.36 bits per heavy atom. The van der Waals surface area contributed by atoms with Gasteiger partial charge in [0.1, 0.15) is 5.69 Å². The Morgan fingerprint density at radius 1 is 1.64 bits per heavy atom. The summed E-state index contributed by atoms with van der Waals surface area (Å²) in [4.78, 5) is 15.7. The summed E-state index contributed by atoms with van der Waals surface area (Å²) in [6, 6.07) is 3.61. The van der Waals surface area contributed by atoms with Crippen molar-refractivity contribution in [3.05, 3.63) is 28.5 Å². The van der Waals surface area contributed by atoms with Gasteiger partial charge in [-0.2, -0.15) is 0 Å². The highest BCUT2D eigenvalue weighted by Gasteiger charge is 2.39. The summed E-state index contributed by atoms with van der Waals surface area (Å²) in [6.07, 6.45) is 3.74. The van der Waals surface area contributed by atoms with E-state index in [0.717, 1.165) is 17.3 Å². The maximum Gasteiger partial charge on any atom is 0.271 e. The second-order valence-electron chi connectivity index (χ2n) is 3.85. The molecule has 1 aromatic heterocycles. The number of nitrogens with zero attached hydrogens (tertiary/aromatic N) is 1. The topological polar surface area (TPSA) is 42.0 Å². The molecule has 0 bridgehead atoms. The first-order valence-corrected chi connectivity index (χ1v) is 5.33. The first-order chi connectivity index (χ1) is 6.61. The van der Waals surface area contributed by atoms with E-state index in [9.17, 15) is 4.79 Å². The maximum atomic E-state index is 11.7. The van der Waals surface area contributed by atoms with Gasteiger partial charge in [0.15, 0.2) is 0 Å². The minimum absolute atomic E-state index is 0.00798. The number of amides is 1. The van der Waals surface area contributed by atoms with E-state index in [4.69, 9.17) is 0 Å². The molecule has 1 heterocycles. The highest BCUT2D eigenvalue weighted by atomic mass is 79.9. The summed E-state index contributed by atoms with van der Waals surface area (Å²) in [6.45, 7) is 2.04. The molecule has 1 saturated carbocycles. The number of hydrogen-bond acceptors (Lipinski definition) is 2. The zero-order valence-electron chi connectivity index (χ0n) is 7.88. The van der Waals surface area contributed by atoms with Gasteiger partial charge in [-0.25, -0.2) is 4.98 Å². The Hall–Kier alpha value is -0.900. The number of rotatable bonds is 2. The van der Waals surface area contributed by atoms with E-state index in [2.05, 4.69) is 26.2 Å². The number of carbonyl (C=O) groups is 1. The van der Waals surface area contributed by atoms with Gasteiger partial charge in [-0.15, -0.1) is 0 Å². The van der Waals surface area contributed by atoms with Crippen LogP contribution in [0.4, 0.5) is 0 Å². The highest BCUT2D eigenvalue weighted by molar-refractivity contribution is 9.10. The van der Waals surface area contributed by atoms with Crippen molar-refractivity contribution in [3.8, 4) is 0 Å². The normalized spacial score (nSPS) is 17.6. The molecule has 1 aromatic rings. The molecule has 0 saturated heterocycles. The molecular weight excluding hydrogens is 244 g/mol. The third-order valence-electron chi connectivity index (χ3n) is 2.39. The molecule has 4 heteroatoms. The molecule has 1 fully saturated rings. The number of carbonyl (C=O) groups excluding carboxylic acids is 1. The van der Waals surface area contributed by atoms with Crippen molar-refractivity contribution in [1.29, 1.82) is 0 Å². The number of hydrogen-bond donors (Lipinski definition) is 1. The minimum Gasteiger partial charge on any atom is -0.346 e. The molecule has 1 aliphatic rings. The smallest absolute Gasteiger partial charge is 0.271 e. The fraction of sp³-hybridized carbons (Fsp3) is 0.400. The van der Waals surface area contributed by atoms with Gasteiger partial charge in [-0.3, -0.25) is 4.79 Å². The number of pyridine rings is 1. The van der Waals surface area contributed by atoms with Gasteiger partial charge in [-0.05, 0) is 47.8 Å². The molecule has 0 atom stereocenters. The quantitative estimate of drug-likeness (QED) is 0.879. The van der Waals surface area contributed by atoms with Crippen LogP contribution in [0.5, 0.6) is 0 Å². The largest absolute Gasteiger partial charge is 0.346 e. The number of aromatic nitrogens is 1. The standard InChI is InChI=1S/C10H11BrN2O/c1-10(4-5-10)13-9(14)8-7(11)3-2-6-12-8/h2-3,6H,4-5H2,1H3,(H,13,14). The minimum atomic E-state index is -0.0996. The Balaban J connectivity index is 2.15. The number of nitrogens with one attached hydrogen (secondary N) is 1. The fourth-order valence-electron chi connectivity index (χ4n) is 1.20. The van der Waals surface area contributed by atoms with Crippen LogP contribution in [0.3, 0.4) is 0 Å². The summed E-state index contributed by atoms with van der Waals surface area (Å²) in [5.74, 6) is -0.0996. The van der Waals surface area contributed by atoms with E-state index in [1.165, 1.54) is 0 Å². The average molecular weight is 255 g/mol. The van der Waals surface area contributed by atoms with E-state index < -0.39 is 0 Å². The number of halogens is 1. The third kappa shape index (κ3) is 1.95. The Morgan fingerprint density at radius 3 is 2.93 bits per heavy atom. The van der Waals surface area contributed by atoms with Crippen LogP contribution in [0.1, 0.15) is 30.3 Å². The highest BCUT2D eigenvalue weighted by Crippen LogP contribution is 2.34. The van der Waals surface area contributed by atoms with Crippen molar-refractivity contribution < 1.29 is 4.79 Å². The molecule has 0 unspecified atom stereocenters. The van der Waals surface area contributed by atoms with Gasteiger partial charge in [0.2, 0.25) is 0 Å². The Labute approximate surface area is 91.0 Å². The molecule has 0 radical (unpaired) electrons. The van der Waals surface area contributed by atoms with Gasteiger partial charge in [0.05, 0.1) is 0 Å². The van der Waals surface area contributed by atoms with Crippen molar-refractivity contribution >= 4 is 21.8 Å². The second-order valence-corrected chi connectivity index (χ2v) is 4.70. The fourth-order valence-corrected chi connectivity index (χ4v) is 1.63. The molecule has 1 N–H and O–H groups in total. The zero-order valence-corrected chi connectivity index (χ0v) is 9.47. The molecule has 1 amide bonds. The molecule has 0 aliphatic heterocycles. The molecular formula is C10H11BrN2O. The van der Waals surface area contributed by atoms with Gasteiger partial charge >= 0.3 is 0 Å². The summed E-state index contributed by atoms with van der Waals surface area (Å²) in [5, 5.41) is 2.96. The zero-order chi connectivity index (χ0) is 10.2. The molecule has 0 aromatic carbocycles. The van der Waals surface area contributed by atoms with E-state index in [0.29, 0.717) is 5.69 Å². The van der Waals surface area contributed by atoms with Crippen molar-refractivity contribution in [2.45, 2.75) is 25.3 Å². The SMILES string of the molecule is CC1(NC(=O)c2ncccc2Br)CC1. The molecule has 74 valence electrons. The summed E-state index contributed by atoms with van der Waals surface area (Å²) in [5.41, 5.74) is 0.467. The van der Waals surface area contributed by atoms with Crippen LogP contribution < -0.4 is 5.32 Å². The monoisotopic (exact) mass is 254 g/mol. The first-order valence-electron chi connectivity index (χ1n) is 4.54. The van der Waals surface area contributed by atoms with Crippen molar-refractivity contribution in [3.63, 3.8) is 0 Å². The second kappa shape index (κ2) is 3.35. The molecule has 3 nitrogen and oxygen atoms in total. The predicted molar refractivity (Wildman–Crippen MR) is 57.0 cm³/mol. The average Bonchev–Trinajstić information content (AvgIpc) is 2.84. The predicted octanol–water partition coefficient (Wildman–Crippen LogP) is 2.13. The summed E-state index contributed by atoms with van der Waals surface area (Å²) >= 11 is 3.30. The van der Waals surface area contributed by atoms with Gasteiger partial charge in [-0.1, -0.05) is 0 Å². The van der Waals surface area contributed by atoms with E-state index in [-0.39, 0.29) is 11.4 Å². The van der Waals surface area contributed by atoms with Crippen LogP contribution in [0.2, 0.25) is 0 Å². The van der Waals surface area contributed by atoms with E-state index >= 15 is 0 Å². The van der Waals surface area contributed by atoms with Gasteiger partial charge < -0.3 is 5.32 Å². The Kier molecular flexibility index (Phi) is 2.31. The molecule has 14 heavy (non-hydrogen) atoms. The van der Waals surface area contributed by atoms with Gasteiger partial charge in [0, 0.05) is 16.2 Å². The lowest BCUT2D eigenvalue weighted by molar-refractivity contribution is 0.0929. The van der Waals surface area contributed by atoms with Crippen LogP contribution in [-0.2, 0) is 0 Å². The first kappa shape index (κ1) is 9.65. The summed E-state index contributed by atoms with van der Waals surface area (Å²) < 4.78 is 0.738. The van der Waals surface area contributed by atoms with Crippen LogP contribution >= 0.6 is 15.9 Å². The molecule has 2 rings (SSSR count). The van der Waals surface area contributed by atoms with Crippen LogP contribution in [0.25, 0.3) is 0 Å². The van der Waals surface area contributed by atoms with E-state index in [1.807, 2.05) is 13.0 Å². The maximum absolute atomic E-state index is 11.7.